The number of piperazine rings is 1. The van der Waals surface area contributed by atoms with Crippen LogP contribution in [0.2, 0.25) is 0 Å². The van der Waals surface area contributed by atoms with Gasteiger partial charge in [0, 0.05) is 71.1 Å². The van der Waals surface area contributed by atoms with E-state index in [9.17, 15) is 9.59 Å². The smallest absolute Gasteiger partial charge is 0.219 e. The summed E-state index contributed by atoms with van der Waals surface area (Å²) < 4.78 is 0. The van der Waals surface area contributed by atoms with Crippen LogP contribution in [0, 0.1) is 0 Å². The SMILES string of the molecule is CC(=O)N1CCN(CCN2C3CCC2CC(=O)C3)CC1. The topological polar surface area (TPSA) is 43.9 Å². The Balaban J connectivity index is 1.44. The van der Waals surface area contributed by atoms with Gasteiger partial charge < -0.3 is 4.90 Å². The third-order valence-corrected chi connectivity index (χ3v) is 5.19. The van der Waals surface area contributed by atoms with Crippen molar-refractivity contribution in [2.75, 3.05) is 39.3 Å². The Morgan fingerprint density at radius 3 is 2.20 bits per heavy atom. The molecule has 0 aliphatic carbocycles. The maximum absolute atomic E-state index is 11.6. The first-order valence-corrected chi connectivity index (χ1v) is 7.89. The first-order valence-electron chi connectivity index (χ1n) is 7.89. The third-order valence-electron chi connectivity index (χ3n) is 5.19. The molecular formula is C15H25N3O2. The first-order chi connectivity index (χ1) is 9.63. The normalized spacial score (nSPS) is 31.9. The molecule has 0 aromatic rings. The Bertz CT molecular complexity index is 375. The molecule has 3 fully saturated rings. The summed E-state index contributed by atoms with van der Waals surface area (Å²) in [6.45, 7) is 7.51. The molecule has 2 unspecified atom stereocenters. The van der Waals surface area contributed by atoms with Gasteiger partial charge >= 0.3 is 0 Å². The Morgan fingerprint density at radius 1 is 1.05 bits per heavy atom. The number of amides is 1. The van der Waals surface area contributed by atoms with Gasteiger partial charge in [-0.3, -0.25) is 19.4 Å². The minimum Gasteiger partial charge on any atom is -0.340 e. The number of hydrogen-bond donors (Lipinski definition) is 0. The number of fused-ring (bicyclic) bond motifs is 2. The molecule has 5 nitrogen and oxygen atoms in total. The standard InChI is InChI=1S/C15H25N3O2/c1-12(19)17-7-4-16(5-8-17)6-9-18-13-2-3-14(18)11-15(20)10-13/h13-14H,2-11H2,1H3. The lowest BCUT2D eigenvalue weighted by atomic mass is 10.0. The average Bonchev–Trinajstić information content (AvgIpc) is 2.67. The van der Waals surface area contributed by atoms with E-state index in [2.05, 4.69) is 9.80 Å². The molecule has 5 heteroatoms. The van der Waals surface area contributed by atoms with Crippen molar-refractivity contribution >= 4 is 11.7 Å². The summed E-state index contributed by atoms with van der Waals surface area (Å²) in [4.78, 5) is 29.9. The molecule has 20 heavy (non-hydrogen) atoms. The second-order valence-electron chi connectivity index (χ2n) is 6.42. The number of piperidine rings is 1. The van der Waals surface area contributed by atoms with Gasteiger partial charge in [-0.1, -0.05) is 0 Å². The van der Waals surface area contributed by atoms with Gasteiger partial charge in [-0.25, -0.2) is 0 Å². The van der Waals surface area contributed by atoms with E-state index in [-0.39, 0.29) is 5.91 Å². The maximum Gasteiger partial charge on any atom is 0.219 e. The molecule has 2 bridgehead atoms. The predicted molar refractivity (Wildman–Crippen MR) is 76.5 cm³/mol. The van der Waals surface area contributed by atoms with E-state index in [0.29, 0.717) is 17.9 Å². The zero-order valence-electron chi connectivity index (χ0n) is 12.4. The third kappa shape index (κ3) is 2.88. The van der Waals surface area contributed by atoms with Crippen LogP contribution in [0.4, 0.5) is 0 Å². The van der Waals surface area contributed by atoms with Gasteiger partial charge in [0.05, 0.1) is 0 Å². The van der Waals surface area contributed by atoms with Gasteiger partial charge in [0.25, 0.3) is 0 Å². The van der Waals surface area contributed by atoms with Gasteiger partial charge in [0.2, 0.25) is 5.91 Å². The minimum absolute atomic E-state index is 0.192. The molecule has 0 radical (unpaired) electrons. The zero-order chi connectivity index (χ0) is 14.1. The van der Waals surface area contributed by atoms with Crippen LogP contribution in [0.25, 0.3) is 0 Å². The molecule has 3 aliphatic rings. The van der Waals surface area contributed by atoms with Crippen LogP contribution in [0.3, 0.4) is 0 Å². The van der Waals surface area contributed by atoms with Crippen LogP contribution in [0.5, 0.6) is 0 Å². The monoisotopic (exact) mass is 279 g/mol. The summed E-state index contributed by atoms with van der Waals surface area (Å²) in [5.74, 6) is 0.654. The Hall–Kier alpha value is -0.940. The van der Waals surface area contributed by atoms with Crippen LogP contribution in [-0.2, 0) is 9.59 Å². The lowest BCUT2D eigenvalue weighted by Gasteiger charge is -2.38. The largest absolute Gasteiger partial charge is 0.340 e. The second-order valence-corrected chi connectivity index (χ2v) is 6.42. The molecule has 0 N–H and O–H groups in total. The number of carbonyl (C=O) groups is 2. The first kappa shape index (κ1) is 14.0. The highest BCUT2D eigenvalue weighted by atomic mass is 16.2. The molecule has 2 atom stereocenters. The summed E-state index contributed by atoms with van der Waals surface area (Å²) in [7, 11) is 0. The highest BCUT2D eigenvalue weighted by Gasteiger charge is 2.39. The van der Waals surface area contributed by atoms with Crippen molar-refractivity contribution < 1.29 is 9.59 Å². The van der Waals surface area contributed by atoms with E-state index in [1.165, 1.54) is 12.8 Å². The molecule has 0 aromatic carbocycles. The number of hydrogen-bond acceptors (Lipinski definition) is 4. The van der Waals surface area contributed by atoms with Gasteiger partial charge in [-0.05, 0) is 12.8 Å². The van der Waals surface area contributed by atoms with Gasteiger partial charge in [-0.15, -0.1) is 0 Å². The van der Waals surface area contributed by atoms with E-state index >= 15 is 0 Å². The molecule has 3 saturated heterocycles. The van der Waals surface area contributed by atoms with Crippen molar-refractivity contribution in [2.24, 2.45) is 0 Å². The average molecular weight is 279 g/mol. The molecule has 3 aliphatic heterocycles. The fraction of sp³-hybridized carbons (Fsp3) is 0.867. The maximum atomic E-state index is 11.6. The second kappa shape index (κ2) is 5.82. The molecule has 3 heterocycles. The molecule has 0 spiro atoms. The van der Waals surface area contributed by atoms with Crippen LogP contribution >= 0.6 is 0 Å². The van der Waals surface area contributed by atoms with E-state index < -0.39 is 0 Å². The zero-order valence-corrected chi connectivity index (χ0v) is 12.4. The number of carbonyl (C=O) groups excluding carboxylic acids is 2. The van der Waals surface area contributed by atoms with Crippen LogP contribution in [0.15, 0.2) is 0 Å². The summed E-state index contributed by atoms with van der Waals surface area (Å²) in [6.07, 6.45) is 3.95. The number of rotatable bonds is 3. The molecular weight excluding hydrogens is 254 g/mol. The van der Waals surface area contributed by atoms with Crippen molar-refractivity contribution in [2.45, 2.75) is 44.7 Å². The number of nitrogens with zero attached hydrogens (tertiary/aromatic N) is 3. The lowest BCUT2D eigenvalue weighted by Crippen LogP contribution is -2.51. The summed E-state index contributed by atoms with van der Waals surface area (Å²) in [5, 5.41) is 0. The highest BCUT2D eigenvalue weighted by Crippen LogP contribution is 2.33. The number of ketones is 1. The Kier molecular flexibility index (Phi) is 4.08. The van der Waals surface area contributed by atoms with Gasteiger partial charge in [0.15, 0.2) is 0 Å². The molecule has 0 saturated carbocycles. The molecule has 112 valence electrons. The fourth-order valence-corrected chi connectivity index (χ4v) is 3.97. The van der Waals surface area contributed by atoms with Gasteiger partial charge in [0.1, 0.15) is 5.78 Å². The van der Waals surface area contributed by atoms with Crippen molar-refractivity contribution in [3.63, 3.8) is 0 Å². The van der Waals surface area contributed by atoms with Crippen LogP contribution in [-0.4, -0.2) is 77.7 Å². The molecule has 3 rings (SSSR count). The minimum atomic E-state index is 0.192. The van der Waals surface area contributed by atoms with E-state index in [0.717, 1.165) is 52.1 Å². The predicted octanol–water partition coefficient (Wildman–Crippen LogP) is 0.346. The van der Waals surface area contributed by atoms with Crippen molar-refractivity contribution in [3.05, 3.63) is 0 Å². The molecule has 1 amide bonds. The van der Waals surface area contributed by atoms with Gasteiger partial charge in [-0.2, -0.15) is 0 Å². The van der Waals surface area contributed by atoms with Crippen LogP contribution in [0.1, 0.15) is 32.6 Å². The number of Topliss-reactive ketones (excluding diaryl/α,β-unsaturated/α-hetero) is 1. The lowest BCUT2D eigenvalue weighted by molar-refractivity contribution is -0.130. The van der Waals surface area contributed by atoms with E-state index in [1.54, 1.807) is 6.92 Å². The Labute approximate surface area is 120 Å². The quantitative estimate of drug-likeness (QED) is 0.747. The van der Waals surface area contributed by atoms with Crippen molar-refractivity contribution in [3.8, 4) is 0 Å². The van der Waals surface area contributed by atoms with Crippen molar-refractivity contribution in [1.82, 2.24) is 14.7 Å². The fourth-order valence-electron chi connectivity index (χ4n) is 3.97. The highest BCUT2D eigenvalue weighted by molar-refractivity contribution is 5.80. The van der Waals surface area contributed by atoms with Crippen molar-refractivity contribution in [1.29, 1.82) is 0 Å². The molecule has 0 aromatic heterocycles. The van der Waals surface area contributed by atoms with Crippen LogP contribution < -0.4 is 0 Å². The summed E-state index contributed by atoms with van der Waals surface area (Å²) in [5.41, 5.74) is 0. The van der Waals surface area contributed by atoms with E-state index in [1.807, 2.05) is 4.90 Å². The summed E-state index contributed by atoms with van der Waals surface area (Å²) in [6, 6.07) is 1.03. The Morgan fingerprint density at radius 2 is 1.65 bits per heavy atom. The summed E-state index contributed by atoms with van der Waals surface area (Å²) >= 11 is 0. The van der Waals surface area contributed by atoms with E-state index in [4.69, 9.17) is 0 Å².